The molecule has 0 atom stereocenters. The van der Waals surface area contributed by atoms with Crippen LogP contribution in [-0.4, -0.2) is 18.4 Å². The Kier molecular flexibility index (Phi) is 3.87. The lowest BCUT2D eigenvalue weighted by Crippen LogP contribution is -2.08. The molecular weight excluding hydrogens is 271 g/mol. The summed E-state index contributed by atoms with van der Waals surface area (Å²) in [7, 11) is -3.86. The average molecular weight is 282 g/mol. The SMILES string of the molecule is Cc1ccc(S(=O)(=O)OCc2ncc(F)cn2)cc1. The van der Waals surface area contributed by atoms with Gasteiger partial charge in [0.25, 0.3) is 10.1 Å². The molecule has 0 aliphatic rings. The van der Waals surface area contributed by atoms with Gasteiger partial charge in [0.2, 0.25) is 0 Å². The molecule has 19 heavy (non-hydrogen) atoms. The van der Waals surface area contributed by atoms with E-state index in [1.54, 1.807) is 12.1 Å². The molecular formula is C12H11FN2O3S. The van der Waals surface area contributed by atoms with Crippen molar-refractivity contribution in [1.82, 2.24) is 9.97 Å². The van der Waals surface area contributed by atoms with E-state index in [-0.39, 0.29) is 17.3 Å². The van der Waals surface area contributed by atoms with Gasteiger partial charge in [-0.15, -0.1) is 0 Å². The standard InChI is InChI=1S/C12H11FN2O3S/c1-9-2-4-11(5-3-9)19(16,17)18-8-12-14-6-10(13)7-15-12/h2-7H,8H2,1H3. The number of nitrogens with zero attached hydrogens (tertiary/aromatic N) is 2. The number of aromatic nitrogens is 2. The monoisotopic (exact) mass is 282 g/mol. The highest BCUT2D eigenvalue weighted by Gasteiger charge is 2.15. The summed E-state index contributed by atoms with van der Waals surface area (Å²) >= 11 is 0. The van der Waals surface area contributed by atoms with Crippen LogP contribution in [0.5, 0.6) is 0 Å². The van der Waals surface area contributed by atoms with E-state index in [9.17, 15) is 12.8 Å². The van der Waals surface area contributed by atoms with Gasteiger partial charge in [-0.1, -0.05) is 17.7 Å². The second kappa shape index (κ2) is 5.41. The van der Waals surface area contributed by atoms with Gasteiger partial charge in [-0.05, 0) is 19.1 Å². The molecule has 0 aliphatic heterocycles. The summed E-state index contributed by atoms with van der Waals surface area (Å²) in [6, 6.07) is 6.25. The maximum Gasteiger partial charge on any atom is 0.297 e. The Balaban J connectivity index is 2.09. The summed E-state index contributed by atoms with van der Waals surface area (Å²) in [5.41, 5.74) is 0.945. The fourth-order valence-corrected chi connectivity index (χ4v) is 2.18. The number of halogens is 1. The normalized spacial score (nSPS) is 11.5. The number of hydrogen-bond acceptors (Lipinski definition) is 5. The topological polar surface area (TPSA) is 69.2 Å². The number of rotatable bonds is 4. The van der Waals surface area contributed by atoms with Crippen molar-refractivity contribution in [3.8, 4) is 0 Å². The Morgan fingerprint density at radius 3 is 2.32 bits per heavy atom. The van der Waals surface area contributed by atoms with Crippen molar-refractivity contribution >= 4 is 10.1 Å². The summed E-state index contributed by atoms with van der Waals surface area (Å²) in [4.78, 5) is 7.28. The van der Waals surface area contributed by atoms with Gasteiger partial charge in [0.15, 0.2) is 11.6 Å². The maximum atomic E-state index is 12.6. The van der Waals surface area contributed by atoms with E-state index in [0.717, 1.165) is 18.0 Å². The molecule has 2 aromatic rings. The van der Waals surface area contributed by atoms with Crippen LogP contribution in [0.15, 0.2) is 41.6 Å². The lowest BCUT2D eigenvalue weighted by Gasteiger charge is -2.05. The Morgan fingerprint density at radius 1 is 1.16 bits per heavy atom. The lowest BCUT2D eigenvalue weighted by atomic mass is 10.2. The quantitative estimate of drug-likeness (QED) is 0.800. The molecule has 0 radical (unpaired) electrons. The van der Waals surface area contributed by atoms with Crippen molar-refractivity contribution in [2.75, 3.05) is 0 Å². The number of hydrogen-bond donors (Lipinski definition) is 0. The van der Waals surface area contributed by atoms with E-state index in [1.807, 2.05) is 6.92 Å². The van der Waals surface area contributed by atoms with Crippen LogP contribution in [0.4, 0.5) is 4.39 Å². The summed E-state index contributed by atoms with van der Waals surface area (Å²) in [6.45, 7) is 1.51. The second-order valence-corrected chi connectivity index (χ2v) is 5.46. The molecule has 0 aliphatic carbocycles. The minimum absolute atomic E-state index is 0.0558. The minimum atomic E-state index is -3.86. The molecule has 0 bridgehead atoms. The van der Waals surface area contributed by atoms with Crippen LogP contribution in [0.25, 0.3) is 0 Å². The Bertz CT molecular complexity index is 654. The Morgan fingerprint density at radius 2 is 1.74 bits per heavy atom. The highest BCUT2D eigenvalue weighted by atomic mass is 32.2. The van der Waals surface area contributed by atoms with Gasteiger partial charge in [-0.3, -0.25) is 4.18 Å². The summed E-state index contributed by atoms with van der Waals surface area (Å²) in [5, 5.41) is 0. The van der Waals surface area contributed by atoms with Crippen molar-refractivity contribution in [2.24, 2.45) is 0 Å². The van der Waals surface area contributed by atoms with Gasteiger partial charge in [0.05, 0.1) is 17.3 Å². The van der Waals surface area contributed by atoms with Crippen molar-refractivity contribution in [2.45, 2.75) is 18.4 Å². The summed E-state index contributed by atoms with van der Waals surface area (Å²) in [5.74, 6) is -0.498. The van der Waals surface area contributed by atoms with Crippen LogP contribution in [0, 0.1) is 12.7 Å². The molecule has 5 nitrogen and oxygen atoms in total. The first kappa shape index (κ1) is 13.6. The lowest BCUT2D eigenvalue weighted by molar-refractivity contribution is 0.298. The van der Waals surface area contributed by atoms with Gasteiger partial charge in [0.1, 0.15) is 6.61 Å². The molecule has 0 spiro atoms. The highest BCUT2D eigenvalue weighted by Crippen LogP contribution is 2.14. The molecule has 100 valence electrons. The molecule has 7 heteroatoms. The molecule has 0 saturated carbocycles. The van der Waals surface area contributed by atoms with E-state index in [1.165, 1.54) is 12.1 Å². The van der Waals surface area contributed by atoms with Crippen LogP contribution in [0.3, 0.4) is 0 Å². The smallest absolute Gasteiger partial charge is 0.258 e. The second-order valence-electron chi connectivity index (χ2n) is 3.85. The van der Waals surface area contributed by atoms with Crippen LogP contribution >= 0.6 is 0 Å². The van der Waals surface area contributed by atoms with Gasteiger partial charge in [0, 0.05) is 0 Å². The Hall–Kier alpha value is -1.86. The van der Waals surface area contributed by atoms with Crippen molar-refractivity contribution in [3.05, 3.63) is 53.9 Å². The minimum Gasteiger partial charge on any atom is -0.258 e. The number of benzene rings is 1. The molecule has 0 saturated heterocycles. The first-order valence-corrected chi connectivity index (χ1v) is 6.81. The predicted molar refractivity (Wildman–Crippen MR) is 65.1 cm³/mol. The van der Waals surface area contributed by atoms with Gasteiger partial charge in [-0.2, -0.15) is 8.42 Å². The van der Waals surface area contributed by atoms with Gasteiger partial charge in [-0.25, -0.2) is 14.4 Å². The fraction of sp³-hybridized carbons (Fsp3) is 0.167. The maximum absolute atomic E-state index is 12.6. The highest BCUT2D eigenvalue weighted by molar-refractivity contribution is 7.86. The molecule has 0 N–H and O–H groups in total. The van der Waals surface area contributed by atoms with E-state index in [2.05, 4.69) is 9.97 Å². The van der Waals surface area contributed by atoms with Crippen LogP contribution in [0.2, 0.25) is 0 Å². The fourth-order valence-electron chi connectivity index (χ4n) is 1.32. The zero-order valence-corrected chi connectivity index (χ0v) is 10.9. The number of aryl methyl sites for hydroxylation is 1. The molecule has 1 aromatic carbocycles. The molecule has 0 unspecified atom stereocenters. The molecule has 0 amide bonds. The largest absolute Gasteiger partial charge is 0.297 e. The van der Waals surface area contributed by atoms with E-state index in [4.69, 9.17) is 4.18 Å². The summed E-state index contributed by atoms with van der Waals surface area (Å²) in [6.07, 6.45) is 1.90. The third-order valence-corrected chi connectivity index (χ3v) is 3.60. The molecule has 1 heterocycles. The predicted octanol–water partition coefficient (Wildman–Crippen LogP) is 1.83. The molecule has 2 rings (SSSR count). The van der Waals surface area contributed by atoms with Crippen LogP contribution in [0.1, 0.15) is 11.4 Å². The van der Waals surface area contributed by atoms with E-state index < -0.39 is 15.9 Å². The van der Waals surface area contributed by atoms with Crippen LogP contribution < -0.4 is 0 Å². The first-order chi connectivity index (χ1) is 8.97. The van der Waals surface area contributed by atoms with E-state index >= 15 is 0 Å². The molecule has 1 aromatic heterocycles. The van der Waals surface area contributed by atoms with Gasteiger partial charge < -0.3 is 0 Å². The zero-order chi connectivity index (χ0) is 13.9. The Labute approximate surface area is 110 Å². The molecule has 0 fully saturated rings. The van der Waals surface area contributed by atoms with Crippen molar-refractivity contribution < 1.29 is 17.0 Å². The van der Waals surface area contributed by atoms with Crippen LogP contribution in [-0.2, 0) is 20.9 Å². The van der Waals surface area contributed by atoms with Crippen molar-refractivity contribution in [3.63, 3.8) is 0 Å². The average Bonchev–Trinajstić information content (AvgIpc) is 2.39. The first-order valence-electron chi connectivity index (χ1n) is 5.40. The zero-order valence-electron chi connectivity index (χ0n) is 10.1. The third kappa shape index (κ3) is 3.55. The summed E-state index contributed by atoms with van der Waals surface area (Å²) < 4.78 is 41.0. The van der Waals surface area contributed by atoms with Gasteiger partial charge >= 0.3 is 0 Å². The third-order valence-electron chi connectivity index (χ3n) is 2.33. The van der Waals surface area contributed by atoms with E-state index in [0.29, 0.717) is 0 Å². The van der Waals surface area contributed by atoms with Crippen molar-refractivity contribution in [1.29, 1.82) is 0 Å².